The van der Waals surface area contributed by atoms with Crippen LogP contribution in [-0.2, 0) is 30.9 Å². The zero-order valence-corrected chi connectivity index (χ0v) is 16.0. The van der Waals surface area contributed by atoms with Gasteiger partial charge in [-0.2, -0.15) is 0 Å². The molecule has 0 radical (unpaired) electrons. The third kappa shape index (κ3) is 11.7. The van der Waals surface area contributed by atoms with Gasteiger partial charge in [-0.15, -0.1) is 0 Å². The lowest BCUT2D eigenvalue weighted by molar-refractivity contribution is -0.118. The Hall–Kier alpha value is -0.430. The molecule has 0 heterocycles. The Morgan fingerprint density at radius 3 is 1.22 bits per heavy atom. The van der Waals surface area contributed by atoms with Gasteiger partial charge in [0, 0.05) is 57.3 Å². The predicted octanol–water partition coefficient (Wildman–Crippen LogP) is 0.327. The van der Waals surface area contributed by atoms with Crippen molar-refractivity contribution in [2.75, 3.05) is 38.4 Å². The molecule has 0 spiro atoms. The van der Waals surface area contributed by atoms with E-state index < -0.39 is 7.82 Å². The third-order valence-corrected chi connectivity index (χ3v) is 6.43. The van der Waals surface area contributed by atoms with E-state index in [9.17, 15) is 18.9 Å². The standard InChI is InChI=1S/C9H18N3O7PS3/c1-10-7(13)4-21-17-20(16,18-22-5-8(14)11-2)19-23-6-9(15)12-3/h4-6H2,1-3H3,(H,10,13)(H,11,14)(H,12,15). The number of rotatable bonds is 12. The fourth-order valence-corrected chi connectivity index (χ4v) is 4.59. The predicted molar refractivity (Wildman–Crippen MR) is 90.4 cm³/mol. The first-order valence-corrected chi connectivity index (χ1v) is 10.2. The Morgan fingerprint density at radius 1 is 0.739 bits per heavy atom. The molecule has 0 aromatic carbocycles. The normalized spacial score (nSPS) is 10.9. The van der Waals surface area contributed by atoms with Crippen LogP contribution < -0.4 is 16.0 Å². The highest BCUT2D eigenvalue weighted by Gasteiger charge is 2.30. The molecule has 0 aromatic heterocycles. The number of nitrogens with one attached hydrogen (secondary N) is 3. The molecule has 0 rings (SSSR count). The van der Waals surface area contributed by atoms with E-state index in [0.29, 0.717) is 36.1 Å². The van der Waals surface area contributed by atoms with Gasteiger partial charge in [-0.25, -0.2) is 16.5 Å². The topological polar surface area (TPSA) is 132 Å². The molecule has 0 saturated carbocycles. The molecular weight excluding hydrogens is 389 g/mol. The van der Waals surface area contributed by atoms with E-state index in [1.165, 1.54) is 21.1 Å². The second-order valence-electron chi connectivity index (χ2n) is 3.48. The summed E-state index contributed by atoms with van der Waals surface area (Å²) in [6, 6.07) is 0. The molecule has 3 amide bonds. The maximum absolute atomic E-state index is 12.3. The van der Waals surface area contributed by atoms with Crippen LogP contribution in [0.4, 0.5) is 0 Å². The quantitative estimate of drug-likeness (QED) is 0.307. The zero-order chi connectivity index (χ0) is 17.7. The number of phosphoric acid groups is 1. The first kappa shape index (κ1) is 22.6. The molecule has 3 N–H and O–H groups in total. The summed E-state index contributed by atoms with van der Waals surface area (Å²) in [5.41, 5.74) is 0. The van der Waals surface area contributed by atoms with Gasteiger partial charge in [0.15, 0.2) is 0 Å². The van der Waals surface area contributed by atoms with Crippen LogP contribution in [0.2, 0.25) is 0 Å². The third-order valence-electron chi connectivity index (χ3n) is 1.84. The van der Waals surface area contributed by atoms with Crippen molar-refractivity contribution >= 4 is 61.7 Å². The molecule has 23 heavy (non-hydrogen) atoms. The lowest BCUT2D eigenvalue weighted by Gasteiger charge is -2.14. The van der Waals surface area contributed by atoms with Crippen molar-refractivity contribution in [3.63, 3.8) is 0 Å². The number of hydrogen-bond donors (Lipinski definition) is 3. The summed E-state index contributed by atoms with van der Waals surface area (Å²) < 4.78 is 27.0. The Balaban J connectivity index is 4.43. The number of carbonyl (C=O) groups excluding carboxylic acids is 3. The SMILES string of the molecule is CNC(=O)CSOP(=O)(OSCC(=O)NC)OSCC(=O)NC. The highest BCUT2D eigenvalue weighted by Crippen LogP contribution is 2.58. The number of carbonyl (C=O) groups is 3. The minimum absolute atomic E-state index is 0.132. The average molecular weight is 407 g/mol. The van der Waals surface area contributed by atoms with Crippen molar-refractivity contribution in [2.24, 2.45) is 0 Å². The van der Waals surface area contributed by atoms with E-state index in [2.05, 4.69) is 16.0 Å². The fraction of sp³-hybridized carbons (Fsp3) is 0.667. The summed E-state index contributed by atoms with van der Waals surface area (Å²) in [5, 5.41) is 7.07. The van der Waals surface area contributed by atoms with E-state index in [1.54, 1.807) is 0 Å². The van der Waals surface area contributed by atoms with E-state index >= 15 is 0 Å². The summed E-state index contributed by atoms with van der Waals surface area (Å²) in [7, 11) is 0.245. The van der Waals surface area contributed by atoms with Crippen LogP contribution in [0.15, 0.2) is 0 Å². The van der Waals surface area contributed by atoms with Crippen LogP contribution in [-0.4, -0.2) is 56.1 Å². The molecule has 0 fully saturated rings. The van der Waals surface area contributed by atoms with Gasteiger partial charge in [-0.1, -0.05) is 0 Å². The van der Waals surface area contributed by atoms with Gasteiger partial charge in [0.1, 0.15) is 0 Å². The van der Waals surface area contributed by atoms with Gasteiger partial charge in [-0.05, 0) is 0 Å². The van der Waals surface area contributed by atoms with Gasteiger partial charge in [0.2, 0.25) is 17.7 Å². The Kier molecular flexibility index (Phi) is 12.7. The van der Waals surface area contributed by atoms with E-state index in [1.807, 2.05) is 0 Å². The maximum Gasteiger partial charge on any atom is 0.508 e. The maximum atomic E-state index is 12.3. The minimum atomic E-state index is -4.07. The van der Waals surface area contributed by atoms with Crippen molar-refractivity contribution in [1.29, 1.82) is 0 Å². The van der Waals surface area contributed by atoms with Crippen LogP contribution in [0.1, 0.15) is 0 Å². The molecule has 10 nitrogen and oxygen atoms in total. The Bertz CT molecular complexity index is 392. The van der Waals surface area contributed by atoms with Gasteiger partial charge >= 0.3 is 7.82 Å². The first-order chi connectivity index (χ1) is 10.9. The van der Waals surface area contributed by atoms with Crippen LogP contribution >= 0.6 is 44.0 Å². The summed E-state index contributed by atoms with van der Waals surface area (Å²) in [6.45, 7) is 0. The fourth-order valence-electron chi connectivity index (χ4n) is 0.687. The molecule has 0 unspecified atom stereocenters. The van der Waals surface area contributed by atoms with Crippen molar-refractivity contribution in [3.05, 3.63) is 0 Å². The molecular formula is C9H18N3O7PS3. The van der Waals surface area contributed by atoms with Crippen molar-refractivity contribution in [2.45, 2.75) is 0 Å². The molecule has 0 aliphatic carbocycles. The molecule has 0 aromatic rings. The van der Waals surface area contributed by atoms with Gasteiger partial charge < -0.3 is 16.0 Å². The van der Waals surface area contributed by atoms with Crippen LogP contribution in [0, 0.1) is 0 Å². The van der Waals surface area contributed by atoms with Crippen molar-refractivity contribution in [1.82, 2.24) is 16.0 Å². The Morgan fingerprint density at radius 2 is 1.00 bits per heavy atom. The molecule has 0 saturated heterocycles. The summed E-state index contributed by atoms with van der Waals surface area (Å²) in [4.78, 5) is 33.2. The van der Waals surface area contributed by atoms with E-state index in [0.717, 1.165) is 0 Å². The molecule has 0 bridgehead atoms. The lowest BCUT2D eigenvalue weighted by atomic mass is 10.7. The number of amides is 3. The molecule has 0 atom stereocenters. The zero-order valence-electron chi connectivity index (χ0n) is 12.7. The van der Waals surface area contributed by atoms with Crippen LogP contribution in [0.5, 0.6) is 0 Å². The van der Waals surface area contributed by atoms with E-state index in [4.69, 9.17) is 11.9 Å². The van der Waals surface area contributed by atoms with E-state index in [-0.39, 0.29) is 35.0 Å². The van der Waals surface area contributed by atoms with Gasteiger partial charge in [0.05, 0.1) is 17.3 Å². The molecule has 0 aliphatic rings. The van der Waals surface area contributed by atoms with Crippen LogP contribution in [0.3, 0.4) is 0 Å². The monoisotopic (exact) mass is 407 g/mol. The van der Waals surface area contributed by atoms with Crippen molar-refractivity contribution < 1.29 is 30.9 Å². The van der Waals surface area contributed by atoms with Gasteiger partial charge in [-0.3, -0.25) is 14.4 Å². The minimum Gasteiger partial charge on any atom is -0.358 e. The molecule has 134 valence electrons. The highest BCUT2D eigenvalue weighted by atomic mass is 32.2. The Labute approximate surface area is 147 Å². The summed E-state index contributed by atoms with van der Waals surface area (Å²) in [6.07, 6.45) is 0. The first-order valence-electron chi connectivity index (χ1n) is 6.02. The highest BCUT2D eigenvalue weighted by molar-refractivity contribution is 8.04. The summed E-state index contributed by atoms with van der Waals surface area (Å²) >= 11 is 1.71. The van der Waals surface area contributed by atoms with Crippen LogP contribution in [0.25, 0.3) is 0 Å². The van der Waals surface area contributed by atoms with Crippen molar-refractivity contribution in [3.8, 4) is 0 Å². The second-order valence-corrected chi connectivity index (χ2v) is 7.73. The van der Waals surface area contributed by atoms with Gasteiger partial charge in [0.25, 0.3) is 0 Å². The summed E-state index contributed by atoms with van der Waals surface area (Å²) in [5.74, 6) is -1.44. The number of hydrogen-bond acceptors (Lipinski definition) is 10. The molecule has 14 heteroatoms. The second kappa shape index (κ2) is 12.9. The lowest BCUT2D eigenvalue weighted by Crippen LogP contribution is -2.20. The largest absolute Gasteiger partial charge is 0.508 e. The smallest absolute Gasteiger partial charge is 0.358 e. The average Bonchev–Trinajstić information content (AvgIpc) is 2.54. The molecule has 0 aliphatic heterocycles.